The summed E-state index contributed by atoms with van der Waals surface area (Å²) in [7, 11) is 1.28. The minimum Gasteiger partial charge on any atom is -0.490 e. The third-order valence-corrected chi connectivity index (χ3v) is 5.06. The molecule has 1 heterocycles. The minimum absolute atomic E-state index is 0.0293. The Kier molecular flexibility index (Phi) is 6.70. The van der Waals surface area contributed by atoms with Crippen LogP contribution in [-0.2, 0) is 19.1 Å². The van der Waals surface area contributed by atoms with Gasteiger partial charge in [-0.15, -0.1) is 0 Å². The van der Waals surface area contributed by atoms with Gasteiger partial charge in [-0.2, -0.15) is 0 Å². The smallest absolute Gasteiger partial charge is 0.340 e. The molecule has 2 N–H and O–H groups in total. The van der Waals surface area contributed by atoms with Crippen LogP contribution in [0, 0.1) is 5.92 Å². The Bertz CT molecular complexity index is 899. The van der Waals surface area contributed by atoms with Crippen LogP contribution in [0.3, 0.4) is 0 Å². The Labute approximate surface area is 176 Å². The standard InChI is InChI=1S/C23H29NO6/c1-5-28-18-11-14(9-10-16(18)29-12-13(2)3)19-20-15(25)7-6-8-17(20)30-22(24)21(19)23(26)27-4/h9-11,13,19H,5-8,12,24H2,1-4H3/t19-/m1/s1. The van der Waals surface area contributed by atoms with Gasteiger partial charge in [0.05, 0.1) is 26.2 Å². The molecule has 1 aliphatic heterocycles. The van der Waals surface area contributed by atoms with Crippen molar-refractivity contribution in [2.24, 2.45) is 11.7 Å². The molecule has 0 amide bonds. The molecule has 1 aromatic rings. The lowest BCUT2D eigenvalue weighted by molar-refractivity contribution is -0.136. The molecule has 7 heteroatoms. The van der Waals surface area contributed by atoms with Crippen LogP contribution in [0.5, 0.6) is 11.5 Å². The molecule has 0 unspecified atom stereocenters. The zero-order valence-electron chi connectivity index (χ0n) is 17.9. The highest BCUT2D eigenvalue weighted by atomic mass is 16.5. The van der Waals surface area contributed by atoms with Crippen molar-refractivity contribution in [3.8, 4) is 11.5 Å². The Morgan fingerprint density at radius 1 is 1.23 bits per heavy atom. The highest BCUT2D eigenvalue weighted by molar-refractivity contribution is 6.03. The fraction of sp³-hybridized carbons (Fsp3) is 0.478. The van der Waals surface area contributed by atoms with Crippen molar-refractivity contribution in [3.05, 3.63) is 46.6 Å². The van der Waals surface area contributed by atoms with Gasteiger partial charge in [0.2, 0.25) is 5.88 Å². The third kappa shape index (κ3) is 4.30. The first-order valence-corrected chi connectivity index (χ1v) is 10.3. The van der Waals surface area contributed by atoms with Crippen LogP contribution in [0.15, 0.2) is 41.0 Å². The van der Waals surface area contributed by atoms with Crippen molar-refractivity contribution in [1.82, 2.24) is 0 Å². The van der Waals surface area contributed by atoms with Gasteiger partial charge >= 0.3 is 5.97 Å². The lowest BCUT2D eigenvalue weighted by Gasteiger charge is -2.32. The van der Waals surface area contributed by atoms with E-state index in [0.29, 0.717) is 66.8 Å². The average Bonchev–Trinajstić information content (AvgIpc) is 2.71. The van der Waals surface area contributed by atoms with E-state index in [-0.39, 0.29) is 17.2 Å². The molecular formula is C23H29NO6. The topological polar surface area (TPSA) is 97.1 Å². The van der Waals surface area contributed by atoms with Crippen LogP contribution in [0.4, 0.5) is 0 Å². The van der Waals surface area contributed by atoms with Crippen molar-refractivity contribution in [2.75, 3.05) is 20.3 Å². The molecule has 1 atom stereocenters. The van der Waals surface area contributed by atoms with Crippen molar-refractivity contribution in [1.29, 1.82) is 0 Å². The van der Waals surface area contributed by atoms with E-state index in [1.165, 1.54) is 7.11 Å². The second-order valence-electron chi connectivity index (χ2n) is 7.76. The lowest BCUT2D eigenvalue weighted by atomic mass is 9.77. The molecule has 0 fully saturated rings. The number of nitrogens with two attached hydrogens (primary N) is 1. The van der Waals surface area contributed by atoms with E-state index < -0.39 is 11.9 Å². The summed E-state index contributed by atoms with van der Waals surface area (Å²) in [4.78, 5) is 25.4. The van der Waals surface area contributed by atoms with Crippen molar-refractivity contribution in [2.45, 2.75) is 46.0 Å². The van der Waals surface area contributed by atoms with Gasteiger partial charge in [0.15, 0.2) is 17.3 Å². The van der Waals surface area contributed by atoms with Gasteiger partial charge in [0.25, 0.3) is 0 Å². The maximum atomic E-state index is 12.8. The van der Waals surface area contributed by atoms with E-state index in [0.717, 1.165) is 0 Å². The Morgan fingerprint density at radius 2 is 2.00 bits per heavy atom. The molecule has 30 heavy (non-hydrogen) atoms. The Balaban J connectivity index is 2.11. The molecule has 0 saturated heterocycles. The number of carbonyl (C=O) groups is 2. The Morgan fingerprint density at radius 3 is 2.67 bits per heavy atom. The van der Waals surface area contributed by atoms with Gasteiger partial charge in [-0.3, -0.25) is 4.79 Å². The highest BCUT2D eigenvalue weighted by Gasteiger charge is 2.41. The number of benzene rings is 1. The van der Waals surface area contributed by atoms with Crippen molar-refractivity contribution in [3.63, 3.8) is 0 Å². The minimum atomic E-state index is -0.674. The van der Waals surface area contributed by atoms with Gasteiger partial charge in [-0.1, -0.05) is 19.9 Å². The van der Waals surface area contributed by atoms with Crippen LogP contribution < -0.4 is 15.2 Å². The maximum absolute atomic E-state index is 12.8. The van der Waals surface area contributed by atoms with E-state index in [1.54, 1.807) is 12.1 Å². The van der Waals surface area contributed by atoms with E-state index >= 15 is 0 Å². The number of Topliss-reactive ketones (excluding diaryl/α,β-unsaturated/α-hetero) is 1. The van der Waals surface area contributed by atoms with E-state index in [2.05, 4.69) is 13.8 Å². The largest absolute Gasteiger partial charge is 0.490 e. The van der Waals surface area contributed by atoms with E-state index in [4.69, 9.17) is 24.7 Å². The molecule has 0 radical (unpaired) electrons. The molecule has 1 aliphatic carbocycles. The molecular weight excluding hydrogens is 386 g/mol. The number of ketones is 1. The number of rotatable bonds is 7. The second kappa shape index (κ2) is 9.24. The monoisotopic (exact) mass is 415 g/mol. The second-order valence-corrected chi connectivity index (χ2v) is 7.76. The molecule has 0 spiro atoms. The molecule has 0 saturated carbocycles. The third-order valence-electron chi connectivity index (χ3n) is 5.06. The number of carbonyl (C=O) groups excluding carboxylic acids is 2. The molecule has 2 aliphatic rings. The summed E-state index contributed by atoms with van der Waals surface area (Å²) < 4.78 is 22.3. The van der Waals surface area contributed by atoms with Gasteiger partial charge < -0.3 is 24.7 Å². The van der Waals surface area contributed by atoms with Crippen LogP contribution in [0.25, 0.3) is 0 Å². The molecule has 0 bridgehead atoms. The van der Waals surface area contributed by atoms with E-state index in [1.807, 2.05) is 13.0 Å². The number of ether oxygens (including phenoxy) is 4. The van der Waals surface area contributed by atoms with Gasteiger partial charge in [0.1, 0.15) is 11.3 Å². The zero-order valence-corrected chi connectivity index (χ0v) is 17.9. The molecule has 0 aromatic heterocycles. The van der Waals surface area contributed by atoms with Crippen LogP contribution in [0.2, 0.25) is 0 Å². The molecule has 162 valence electrons. The number of allylic oxidation sites excluding steroid dienone is 2. The number of hydrogen-bond donors (Lipinski definition) is 1. The fourth-order valence-electron chi connectivity index (χ4n) is 3.75. The van der Waals surface area contributed by atoms with Crippen molar-refractivity contribution < 1.29 is 28.5 Å². The van der Waals surface area contributed by atoms with Crippen LogP contribution >= 0.6 is 0 Å². The number of hydrogen-bond acceptors (Lipinski definition) is 7. The predicted molar refractivity (Wildman–Crippen MR) is 111 cm³/mol. The molecule has 7 nitrogen and oxygen atoms in total. The SMILES string of the molecule is CCOc1cc([C@H]2C(C(=O)OC)=C(N)OC3=C2C(=O)CCC3)ccc1OCC(C)C. The fourth-order valence-corrected chi connectivity index (χ4v) is 3.75. The van der Waals surface area contributed by atoms with Gasteiger partial charge in [-0.25, -0.2) is 4.79 Å². The number of esters is 1. The first-order chi connectivity index (χ1) is 14.4. The summed E-state index contributed by atoms with van der Waals surface area (Å²) in [5.74, 6) is 0.673. The lowest BCUT2D eigenvalue weighted by Crippen LogP contribution is -2.31. The van der Waals surface area contributed by atoms with Crippen LogP contribution in [-0.4, -0.2) is 32.1 Å². The highest BCUT2D eigenvalue weighted by Crippen LogP contribution is 2.45. The van der Waals surface area contributed by atoms with Crippen LogP contribution in [0.1, 0.15) is 51.5 Å². The summed E-state index contributed by atoms with van der Waals surface area (Å²) in [6.07, 6.45) is 1.69. The summed E-state index contributed by atoms with van der Waals surface area (Å²) in [6, 6.07) is 5.44. The first-order valence-electron chi connectivity index (χ1n) is 10.3. The quantitative estimate of drug-likeness (QED) is 0.680. The number of methoxy groups -OCH3 is 1. The normalized spacial score (nSPS) is 18.8. The zero-order chi connectivity index (χ0) is 21.8. The van der Waals surface area contributed by atoms with Gasteiger partial charge in [0, 0.05) is 18.4 Å². The van der Waals surface area contributed by atoms with Crippen molar-refractivity contribution >= 4 is 11.8 Å². The van der Waals surface area contributed by atoms with Gasteiger partial charge in [-0.05, 0) is 37.0 Å². The maximum Gasteiger partial charge on any atom is 0.340 e. The Hall–Kier alpha value is -2.96. The summed E-state index contributed by atoms with van der Waals surface area (Å²) >= 11 is 0. The summed E-state index contributed by atoms with van der Waals surface area (Å²) in [5.41, 5.74) is 7.39. The molecule has 1 aromatic carbocycles. The summed E-state index contributed by atoms with van der Waals surface area (Å²) in [6.45, 7) is 7.01. The summed E-state index contributed by atoms with van der Waals surface area (Å²) in [5, 5.41) is 0. The first kappa shape index (κ1) is 21.7. The predicted octanol–water partition coefficient (Wildman–Crippen LogP) is 3.58. The average molecular weight is 415 g/mol. The molecule has 3 rings (SSSR count). The van der Waals surface area contributed by atoms with E-state index in [9.17, 15) is 9.59 Å².